The third-order valence-electron chi connectivity index (χ3n) is 1.43. The summed E-state index contributed by atoms with van der Waals surface area (Å²) in [6.07, 6.45) is 1.79. The maximum Gasteiger partial charge on any atom is 0.145 e. The SMILES string of the molecule is IN1Cc2cccnc2N1. The lowest BCUT2D eigenvalue weighted by atomic mass is 10.3. The Balaban J connectivity index is 2.42. The number of nitrogens with zero attached hydrogens (tertiary/aromatic N) is 2. The second kappa shape index (κ2) is 2.35. The highest BCUT2D eigenvalue weighted by Crippen LogP contribution is 2.23. The van der Waals surface area contributed by atoms with Crippen LogP contribution in [0.1, 0.15) is 5.56 Å². The zero-order valence-corrected chi connectivity index (χ0v) is 7.37. The predicted molar refractivity (Wildman–Crippen MR) is 47.4 cm³/mol. The van der Waals surface area contributed by atoms with E-state index in [9.17, 15) is 0 Å². The van der Waals surface area contributed by atoms with Crippen LogP contribution >= 0.6 is 22.9 Å². The molecule has 2 rings (SSSR count). The average Bonchev–Trinajstić information content (AvgIpc) is 2.27. The van der Waals surface area contributed by atoms with Gasteiger partial charge in [0.2, 0.25) is 0 Å². The molecule has 1 N–H and O–H groups in total. The third-order valence-corrected chi connectivity index (χ3v) is 2.01. The Labute approximate surface area is 72.9 Å². The summed E-state index contributed by atoms with van der Waals surface area (Å²) in [5.41, 5.74) is 4.37. The van der Waals surface area contributed by atoms with Crippen LogP contribution < -0.4 is 5.43 Å². The van der Waals surface area contributed by atoms with Gasteiger partial charge in [0.05, 0.1) is 6.54 Å². The first-order valence-corrected chi connectivity index (χ1v) is 3.96. The smallest absolute Gasteiger partial charge is 0.145 e. The molecular weight excluding hydrogens is 241 g/mol. The van der Waals surface area contributed by atoms with Crippen molar-refractivity contribution < 1.29 is 0 Å². The van der Waals surface area contributed by atoms with E-state index in [-0.39, 0.29) is 0 Å². The molecule has 4 heteroatoms. The summed E-state index contributed by atoms with van der Waals surface area (Å²) in [6, 6.07) is 4.03. The number of rotatable bonds is 0. The molecule has 3 nitrogen and oxygen atoms in total. The van der Waals surface area contributed by atoms with Gasteiger partial charge in [0, 0.05) is 34.6 Å². The summed E-state index contributed by atoms with van der Waals surface area (Å²) in [7, 11) is 0. The lowest BCUT2D eigenvalue weighted by Crippen LogP contribution is -2.08. The number of hydrogen-bond donors (Lipinski definition) is 1. The van der Waals surface area contributed by atoms with E-state index in [1.165, 1.54) is 5.56 Å². The van der Waals surface area contributed by atoms with Gasteiger partial charge in [-0.3, -0.25) is 5.43 Å². The summed E-state index contributed by atoms with van der Waals surface area (Å²) in [4.78, 5) is 4.15. The fourth-order valence-corrected chi connectivity index (χ4v) is 1.57. The third kappa shape index (κ3) is 0.969. The van der Waals surface area contributed by atoms with E-state index in [4.69, 9.17) is 0 Å². The highest BCUT2D eigenvalue weighted by molar-refractivity contribution is 14.1. The van der Waals surface area contributed by atoms with Gasteiger partial charge in [0.25, 0.3) is 0 Å². The molecule has 52 valence electrons. The molecule has 0 radical (unpaired) electrons. The van der Waals surface area contributed by atoms with Gasteiger partial charge in [-0.25, -0.2) is 4.98 Å². The minimum absolute atomic E-state index is 0.934. The van der Waals surface area contributed by atoms with Gasteiger partial charge in [-0.05, 0) is 6.07 Å². The van der Waals surface area contributed by atoms with Crippen LogP contribution in [0.25, 0.3) is 0 Å². The topological polar surface area (TPSA) is 28.2 Å². The number of hydrogen-bond acceptors (Lipinski definition) is 3. The monoisotopic (exact) mass is 247 g/mol. The normalized spacial score (nSPS) is 16.5. The largest absolute Gasteiger partial charge is 0.294 e. The minimum Gasteiger partial charge on any atom is -0.294 e. The van der Waals surface area contributed by atoms with Crippen LogP contribution in [-0.4, -0.2) is 8.21 Å². The first kappa shape index (κ1) is 6.36. The lowest BCUT2D eigenvalue weighted by Gasteiger charge is -2.01. The Morgan fingerprint density at radius 1 is 1.70 bits per heavy atom. The fraction of sp³-hybridized carbons (Fsp3) is 0.167. The van der Waals surface area contributed by atoms with Crippen molar-refractivity contribution in [3.8, 4) is 0 Å². The Morgan fingerprint density at radius 2 is 2.60 bits per heavy atom. The predicted octanol–water partition coefficient (Wildman–Crippen LogP) is 1.57. The molecule has 2 heterocycles. The molecule has 0 aliphatic carbocycles. The number of anilines is 1. The highest BCUT2D eigenvalue weighted by Gasteiger charge is 2.15. The van der Waals surface area contributed by atoms with Gasteiger partial charge in [-0.15, -0.1) is 0 Å². The van der Waals surface area contributed by atoms with Crippen molar-refractivity contribution in [1.29, 1.82) is 0 Å². The molecule has 0 bridgehead atoms. The average molecular weight is 247 g/mol. The minimum atomic E-state index is 0.934. The zero-order valence-electron chi connectivity index (χ0n) is 5.21. The van der Waals surface area contributed by atoms with Gasteiger partial charge >= 0.3 is 0 Å². The van der Waals surface area contributed by atoms with E-state index in [0.29, 0.717) is 0 Å². The second-order valence-electron chi connectivity index (χ2n) is 2.14. The first-order chi connectivity index (χ1) is 4.86. The molecule has 0 saturated carbocycles. The number of pyridine rings is 1. The second-order valence-corrected chi connectivity index (χ2v) is 3.31. The molecule has 1 aromatic heterocycles. The molecule has 0 amide bonds. The van der Waals surface area contributed by atoms with Crippen molar-refractivity contribution >= 4 is 28.7 Å². The molecule has 0 unspecified atom stereocenters. The van der Waals surface area contributed by atoms with E-state index in [1.54, 1.807) is 6.20 Å². The summed E-state index contributed by atoms with van der Waals surface area (Å²) in [5, 5.41) is 0. The molecule has 10 heavy (non-hydrogen) atoms. The number of halogens is 1. The number of aromatic nitrogens is 1. The van der Waals surface area contributed by atoms with Crippen molar-refractivity contribution in [3.63, 3.8) is 0 Å². The van der Waals surface area contributed by atoms with Crippen molar-refractivity contribution in [3.05, 3.63) is 23.9 Å². The molecule has 0 aromatic carbocycles. The molecule has 0 saturated heterocycles. The molecule has 0 spiro atoms. The molecule has 1 aliphatic rings. The quantitative estimate of drug-likeness (QED) is 0.557. The zero-order chi connectivity index (χ0) is 6.97. The standard InChI is InChI=1S/C6H6IN3/c7-10-4-5-2-1-3-8-6(5)9-10/h1-3H,4H2,(H,8,9). The molecule has 1 aromatic rings. The van der Waals surface area contributed by atoms with Gasteiger partial charge in [0.15, 0.2) is 0 Å². The Bertz CT molecular complexity index is 226. The summed E-state index contributed by atoms with van der Waals surface area (Å²) in [6.45, 7) is 0.934. The Kier molecular flexibility index (Phi) is 1.50. The molecule has 0 fully saturated rings. The van der Waals surface area contributed by atoms with Gasteiger partial charge in [0.1, 0.15) is 5.82 Å². The number of nitrogens with one attached hydrogen (secondary N) is 1. The lowest BCUT2D eigenvalue weighted by molar-refractivity contribution is 0.639. The van der Waals surface area contributed by atoms with Crippen LogP contribution in [0, 0.1) is 0 Å². The van der Waals surface area contributed by atoms with E-state index in [1.807, 2.05) is 9.29 Å². The van der Waals surface area contributed by atoms with Crippen LogP contribution in [0.3, 0.4) is 0 Å². The number of fused-ring (bicyclic) bond motifs is 1. The van der Waals surface area contributed by atoms with Gasteiger partial charge < -0.3 is 0 Å². The summed E-state index contributed by atoms with van der Waals surface area (Å²) < 4.78 is 1.98. The van der Waals surface area contributed by atoms with Crippen molar-refractivity contribution in [1.82, 2.24) is 8.21 Å². The summed E-state index contributed by atoms with van der Waals surface area (Å²) >= 11 is 2.21. The first-order valence-electron chi connectivity index (χ1n) is 3.00. The Hall–Kier alpha value is -0.360. The van der Waals surface area contributed by atoms with Crippen LogP contribution in [-0.2, 0) is 6.54 Å². The van der Waals surface area contributed by atoms with Gasteiger partial charge in [-0.2, -0.15) is 3.22 Å². The van der Waals surface area contributed by atoms with Crippen LogP contribution in [0.5, 0.6) is 0 Å². The highest BCUT2D eigenvalue weighted by atomic mass is 127. The van der Waals surface area contributed by atoms with E-state index >= 15 is 0 Å². The van der Waals surface area contributed by atoms with Crippen LogP contribution in [0.4, 0.5) is 5.82 Å². The molecular formula is C6H6IN3. The van der Waals surface area contributed by atoms with E-state index < -0.39 is 0 Å². The summed E-state index contributed by atoms with van der Waals surface area (Å²) in [5.74, 6) is 0.983. The number of hydrazine groups is 1. The van der Waals surface area contributed by atoms with E-state index in [0.717, 1.165) is 12.4 Å². The van der Waals surface area contributed by atoms with Crippen molar-refractivity contribution in [2.45, 2.75) is 6.54 Å². The molecule has 1 aliphatic heterocycles. The maximum atomic E-state index is 4.15. The fourth-order valence-electron chi connectivity index (χ4n) is 0.971. The van der Waals surface area contributed by atoms with Crippen LogP contribution in [0.15, 0.2) is 18.3 Å². The van der Waals surface area contributed by atoms with E-state index in [2.05, 4.69) is 39.3 Å². The van der Waals surface area contributed by atoms with Crippen LogP contribution in [0.2, 0.25) is 0 Å². The maximum absolute atomic E-state index is 4.15. The van der Waals surface area contributed by atoms with Crippen molar-refractivity contribution in [2.24, 2.45) is 0 Å². The Morgan fingerprint density at radius 3 is 3.40 bits per heavy atom. The molecule has 0 atom stereocenters. The van der Waals surface area contributed by atoms with Gasteiger partial charge in [-0.1, -0.05) is 6.07 Å². The van der Waals surface area contributed by atoms with Crippen molar-refractivity contribution in [2.75, 3.05) is 5.43 Å².